The molecule has 1 atom stereocenters. The number of hydrogen-bond acceptors (Lipinski definition) is 5. The first-order valence-electron chi connectivity index (χ1n) is 13.2. The van der Waals surface area contributed by atoms with E-state index in [-0.39, 0.29) is 0 Å². The lowest BCUT2D eigenvalue weighted by Crippen LogP contribution is -2.33. The smallest absolute Gasteiger partial charge is 0.163 e. The topological polar surface area (TPSA) is 58.9 Å². The zero-order valence-corrected chi connectivity index (χ0v) is 21.2. The molecule has 1 aliphatic rings. The van der Waals surface area contributed by atoms with Crippen LogP contribution < -0.4 is 5.32 Å². The summed E-state index contributed by atoms with van der Waals surface area (Å²) in [4.78, 5) is 7.42. The second-order valence-electron chi connectivity index (χ2n) is 9.66. The minimum Gasteiger partial charge on any atom is -0.313 e. The number of aryl methyl sites for hydroxylation is 1. The maximum Gasteiger partial charge on any atom is 0.163 e. The van der Waals surface area contributed by atoms with Crippen LogP contribution in [-0.2, 0) is 26.6 Å². The van der Waals surface area contributed by atoms with Gasteiger partial charge in [0.05, 0.1) is 18.3 Å². The van der Waals surface area contributed by atoms with Gasteiger partial charge in [0.1, 0.15) is 5.82 Å². The van der Waals surface area contributed by atoms with Crippen molar-refractivity contribution >= 4 is 0 Å². The van der Waals surface area contributed by atoms with Gasteiger partial charge in [-0.25, -0.2) is 0 Å². The second kappa shape index (κ2) is 12.1. The lowest BCUT2D eigenvalue weighted by molar-refractivity contribution is 0.157. The molecular formula is C30H36N6. The first kappa shape index (κ1) is 24.3. The Morgan fingerprint density at radius 1 is 0.944 bits per heavy atom. The highest BCUT2D eigenvalue weighted by Gasteiger charge is 2.28. The van der Waals surface area contributed by atoms with E-state index in [0.29, 0.717) is 6.04 Å². The summed E-state index contributed by atoms with van der Waals surface area (Å²) < 4.78 is 2.14. The summed E-state index contributed by atoms with van der Waals surface area (Å²) in [5.41, 5.74) is 5.07. The molecule has 4 aromatic rings. The summed E-state index contributed by atoms with van der Waals surface area (Å²) in [5, 5.41) is 12.7. The molecule has 1 unspecified atom stereocenters. The van der Waals surface area contributed by atoms with Crippen LogP contribution in [0.2, 0.25) is 0 Å². The first-order valence-corrected chi connectivity index (χ1v) is 13.2. The van der Waals surface area contributed by atoms with E-state index in [1.807, 2.05) is 24.4 Å². The number of benzene rings is 2. The molecule has 0 radical (unpaired) electrons. The Hall–Kier alpha value is -3.35. The summed E-state index contributed by atoms with van der Waals surface area (Å²) in [6.45, 7) is 3.73. The summed E-state index contributed by atoms with van der Waals surface area (Å²) in [6, 6.07) is 25.6. The minimum absolute atomic E-state index is 0.323. The highest BCUT2D eigenvalue weighted by Crippen LogP contribution is 2.34. The SMILES string of the molecule is Cn1c(CN(CCCCNCc2ccccc2)C2CCCc3cccnc32)nnc1-c1ccccc1. The molecule has 0 saturated carbocycles. The van der Waals surface area contributed by atoms with Gasteiger partial charge >= 0.3 is 0 Å². The average Bonchev–Trinajstić information content (AvgIpc) is 3.30. The maximum absolute atomic E-state index is 4.83. The molecule has 5 rings (SSSR count). The molecule has 0 aliphatic heterocycles. The van der Waals surface area contributed by atoms with Gasteiger partial charge in [0, 0.05) is 25.4 Å². The molecule has 0 saturated heterocycles. The van der Waals surface area contributed by atoms with Crippen LogP contribution >= 0.6 is 0 Å². The largest absolute Gasteiger partial charge is 0.313 e. The Morgan fingerprint density at radius 2 is 1.75 bits per heavy atom. The van der Waals surface area contributed by atoms with Crippen molar-refractivity contribution in [2.75, 3.05) is 13.1 Å². The van der Waals surface area contributed by atoms with Crippen LogP contribution in [0.4, 0.5) is 0 Å². The van der Waals surface area contributed by atoms with Crippen molar-refractivity contribution in [1.82, 2.24) is 30.0 Å². The Labute approximate surface area is 214 Å². The van der Waals surface area contributed by atoms with E-state index in [2.05, 4.69) is 86.6 Å². The highest BCUT2D eigenvalue weighted by molar-refractivity contribution is 5.54. The molecule has 0 amide bonds. The standard InChI is InChI=1S/C30H36N6/c1-35-28(33-34-30(35)26-14-6-3-7-15-26)23-36(27-18-10-16-25-17-11-20-32-29(25)27)21-9-8-19-31-22-24-12-4-2-5-13-24/h2-7,11-15,17,20,27,31H,8-10,16,18-19,21-23H2,1H3. The number of aromatic nitrogens is 4. The van der Waals surface area contributed by atoms with Crippen LogP contribution in [0.15, 0.2) is 79.0 Å². The normalized spacial score (nSPS) is 15.2. The van der Waals surface area contributed by atoms with E-state index in [4.69, 9.17) is 4.98 Å². The molecule has 186 valence electrons. The van der Waals surface area contributed by atoms with Gasteiger partial charge in [-0.2, -0.15) is 0 Å². The average molecular weight is 481 g/mol. The predicted octanol–water partition coefficient (Wildman–Crippen LogP) is 5.33. The fourth-order valence-corrected chi connectivity index (χ4v) is 5.20. The molecule has 0 bridgehead atoms. The Morgan fingerprint density at radius 3 is 2.58 bits per heavy atom. The van der Waals surface area contributed by atoms with Crippen LogP contribution in [0.25, 0.3) is 11.4 Å². The lowest BCUT2D eigenvalue weighted by Gasteiger charge is -2.34. The second-order valence-corrected chi connectivity index (χ2v) is 9.66. The van der Waals surface area contributed by atoms with E-state index in [1.165, 1.54) is 23.2 Å². The van der Waals surface area contributed by atoms with Crippen LogP contribution in [0, 0.1) is 0 Å². The van der Waals surface area contributed by atoms with Gasteiger partial charge in [0.25, 0.3) is 0 Å². The molecule has 0 fully saturated rings. The number of pyridine rings is 1. The quantitative estimate of drug-likeness (QED) is 0.294. The Kier molecular flexibility index (Phi) is 8.16. The summed E-state index contributed by atoms with van der Waals surface area (Å²) in [5.74, 6) is 1.91. The van der Waals surface area contributed by atoms with Crippen molar-refractivity contribution < 1.29 is 0 Å². The van der Waals surface area contributed by atoms with Crippen molar-refractivity contribution in [1.29, 1.82) is 0 Å². The Balaban J connectivity index is 1.26. The number of nitrogens with one attached hydrogen (secondary N) is 1. The first-order chi connectivity index (χ1) is 17.8. The summed E-state index contributed by atoms with van der Waals surface area (Å²) in [7, 11) is 2.08. The molecular weight excluding hydrogens is 444 g/mol. The zero-order chi connectivity index (χ0) is 24.6. The fraction of sp³-hybridized carbons (Fsp3) is 0.367. The molecule has 2 aromatic carbocycles. The van der Waals surface area contributed by atoms with Gasteiger partial charge in [-0.15, -0.1) is 10.2 Å². The van der Waals surface area contributed by atoms with Crippen molar-refractivity contribution in [2.24, 2.45) is 7.05 Å². The highest BCUT2D eigenvalue weighted by atomic mass is 15.3. The van der Waals surface area contributed by atoms with Crippen LogP contribution in [0.3, 0.4) is 0 Å². The number of rotatable bonds is 11. The molecule has 0 spiro atoms. The summed E-state index contributed by atoms with van der Waals surface area (Å²) in [6.07, 6.45) is 7.67. The number of hydrogen-bond donors (Lipinski definition) is 1. The fourth-order valence-electron chi connectivity index (χ4n) is 5.20. The zero-order valence-electron chi connectivity index (χ0n) is 21.2. The monoisotopic (exact) mass is 480 g/mol. The molecule has 1 aliphatic carbocycles. The Bertz CT molecular complexity index is 1220. The third-order valence-electron chi connectivity index (χ3n) is 7.17. The van der Waals surface area contributed by atoms with E-state index >= 15 is 0 Å². The molecule has 36 heavy (non-hydrogen) atoms. The van der Waals surface area contributed by atoms with E-state index < -0.39 is 0 Å². The van der Waals surface area contributed by atoms with Gasteiger partial charge in [-0.1, -0.05) is 66.7 Å². The molecule has 6 heteroatoms. The molecule has 2 aromatic heterocycles. The van der Waals surface area contributed by atoms with Crippen molar-refractivity contribution in [3.8, 4) is 11.4 Å². The van der Waals surface area contributed by atoms with Crippen molar-refractivity contribution in [3.05, 3.63) is 102 Å². The van der Waals surface area contributed by atoms with Crippen LogP contribution in [0.5, 0.6) is 0 Å². The third kappa shape index (κ3) is 5.89. The van der Waals surface area contributed by atoms with Crippen LogP contribution in [-0.4, -0.2) is 37.7 Å². The van der Waals surface area contributed by atoms with Gasteiger partial charge in [-0.3, -0.25) is 9.88 Å². The van der Waals surface area contributed by atoms with Crippen molar-refractivity contribution in [2.45, 2.75) is 51.2 Å². The molecule has 1 N–H and O–H groups in total. The minimum atomic E-state index is 0.323. The van der Waals surface area contributed by atoms with E-state index in [0.717, 1.165) is 69.1 Å². The predicted molar refractivity (Wildman–Crippen MR) is 144 cm³/mol. The molecule has 6 nitrogen and oxygen atoms in total. The number of unbranched alkanes of at least 4 members (excludes halogenated alkanes) is 1. The van der Waals surface area contributed by atoms with E-state index in [1.54, 1.807) is 0 Å². The summed E-state index contributed by atoms with van der Waals surface area (Å²) >= 11 is 0. The molecule has 2 heterocycles. The van der Waals surface area contributed by atoms with Crippen LogP contribution in [0.1, 0.15) is 54.4 Å². The number of nitrogens with zero attached hydrogens (tertiary/aromatic N) is 5. The van der Waals surface area contributed by atoms with Gasteiger partial charge in [-0.05, 0) is 62.4 Å². The van der Waals surface area contributed by atoms with Crippen molar-refractivity contribution in [3.63, 3.8) is 0 Å². The maximum atomic E-state index is 4.83. The number of fused-ring (bicyclic) bond motifs is 1. The van der Waals surface area contributed by atoms with E-state index in [9.17, 15) is 0 Å². The van der Waals surface area contributed by atoms with Gasteiger partial charge in [0.2, 0.25) is 0 Å². The van der Waals surface area contributed by atoms with Gasteiger partial charge < -0.3 is 9.88 Å². The van der Waals surface area contributed by atoms with Gasteiger partial charge in [0.15, 0.2) is 5.82 Å². The lowest BCUT2D eigenvalue weighted by atomic mass is 9.90. The third-order valence-corrected chi connectivity index (χ3v) is 7.17.